The number of carbonyl (C=O) groups is 1. The number of amides is 1. The Bertz CT molecular complexity index is 726. The monoisotopic (exact) mass is 336 g/mol. The number of nitrogens with zero attached hydrogens (tertiary/aromatic N) is 1. The van der Waals surface area contributed by atoms with Gasteiger partial charge in [0, 0.05) is 4.47 Å². The first kappa shape index (κ1) is 14.2. The number of benzene rings is 2. The molecular formula is C14H7BrF2N2O. The van der Waals surface area contributed by atoms with Gasteiger partial charge in [0.1, 0.15) is 17.7 Å². The zero-order valence-electron chi connectivity index (χ0n) is 9.95. The van der Waals surface area contributed by atoms with Crippen molar-refractivity contribution in [2.24, 2.45) is 0 Å². The third kappa shape index (κ3) is 3.00. The zero-order chi connectivity index (χ0) is 14.7. The predicted molar refractivity (Wildman–Crippen MR) is 73.2 cm³/mol. The Morgan fingerprint density at radius 3 is 2.60 bits per heavy atom. The normalized spacial score (nSPS) is 9.90. The van der Waals surface area contributed by atoms with Crippen molar-refractivity contribution in [1.29, 1.82) is 5.26 Å². The maximum atomic E-state index is 13.6. The molecule has 6 heteroatoms. The summed E-state index contributed by atoms with van der Waals surface area (Å²) in [5.74, 6) is -2.00. The van der Waals surface area contributed by atoms with Crippen molar-refractivity contribution >= 4 is 27.5 Å². The van der Waals surface area contributed by atoms with Gasteiger partial charge in [-0.25, -0.2) is 8.78 Å². The number of nitrogens with one attached hydrogen (secondary N) is 1. The van der Waals surface area contributed by atoms with Crippen LogP contribution in [0.15, 0.2) is 40.9 Å². The molecule has 0 aliphatic heterocycles. The van der Waals surface area contributed by atoms with Crippen molar-refractivity contribution < 1.29 is 13.6 Å². The van der Waals surface area contributed by atoms with Gasteiger partial charge < -0.3 is 5.32 Å². The number of rotatable bonds is 2. The lowest BCUT2D eigenvalue weighted by Gasteiger charge is -2.08. The van der Waals surface area contributed by atoms with Gasteiger partial charge in [-0.1, -0.05) is 15.9 Å². The third-order valence-corrected chi connectivity index (χ3v) is 3.02. The average molecular weight is 337 g/mol. The minimum Gasteiger partial charge on any atom is -0.321 e. The molecule has 0 aliphatic rings. The minimum atomic E-state index is -0.710. The summed E-state index contributed by atoms with van der Waals surface area (Å²) in [6.07, 6.45) is 0. The summed E-state index contributed by atoms with van der Waals surface area (Å²) in [5.41, 5.74) is -0.0708. The fourth-order valence-electron chi connectivity index (χ4n) is 1.58. The number of hydrogen-bond donors (Lipinski definition) is 1. The molecule has 0 fully saturated rings. The first-order valence-electron chi connectivity index (χ1n) is 5.47. The van der Waals surface area contributed by atoms with Gasteiger partial charge in [0.05, 0.1) is 16.8 Å². The Labute approximate surface area is 122 Å². The molecule has 100 valence electrons. The highest BCUT2D eigenvalue weighted by molar-refractivity contribution is 9.10. The van der Waals surface area contributed by atoms with Crippen LogP contribution in [-0.4, -0.2) is 5.91 Å². The smallest absolute Gasteiger partial charge is 0.258 e. The Morgan fingerprint density at radius 2 is 1.95 bits per heavy atom. The summed E-state index contributed by atoms with van der Waals surface area (Å²) in [6.45, 7) is 0. The summed E-state index contributed by atoms with van der Waals surface area (Å²) in [4.78, 5) is 11.9. The summed E-state index contributed by atoms with van der Waals surface area (Å²) in [6, 6.07) is 9.10. The lowest BCUT2D eigenvalue weighted by atomic mass is 10.1. The molecule has 3 nitrogen and oxygen atoms in total. The molecule has 0 spiro atoms. The first-order valence-corrected chi connectivity index (χ1v) is 6.26. The van der Waals surface area contributed by atoms with E-state index in [1.165, 1.54) is 18.2 Å². The van der Waals surface area contributed by atoms with Crippen molar-refractivity contribution in [3.05, 3.63) is 63.6 Å². The van der Waals surface area contributed by atoms with Crippen LogP contribution < -0.4 is 5.32 Å². The third-order valence-electron chi connectivity index (χ3n) is 2.53. The second-order valence-electron chi connectivity index (χ2n) is 3.88. The van der Waals surface area contributed by atoms with Crippen LogP contribution in [0.4, 0.5) is 14.5 Å². The molecule has 0 aromatic heterocycles. The average Bonchev–Trinajstić information content (AvgIpc) is 2.40. The van der Waals surface area contributed by atoms with Crippen LogP contribution in [0.5, 0.6) is 0 Å². The number of anilines is 1. The summed E-state index contributed by atoms with van der Waals surface area (Å²) >= 11 is 3.09. The molecule has 0 aliphatic carbocycles. The van der Waals surface area contributed by atoms with E-state index in [-0.39, 0.29) is 16.8 Å². The van der Waals surface area contributed by atoms with Crippen molar-refractivity contribution in [2.75, 3.05) is 5.32 Å². The van der Waals surface area contributed by atoms with E-state index in [9.17, 15) is 13.6 Å². The van der Waals surface area contributed by atoms with Crippen LogP contribution in [0, 0.1) is 23.0 Å². The Balaban J connectivity index is 2.31. The molecule has 0 unspecified atom stereocenters. The van der Waals surface area contributed by atoms with Gasteiger partial charge >= 0.3 is 0 Å². The number of carbonyl (C=O) groups excluding carboxylic acids is 1. The van der Waals surface area contributed by atoms with Crippen molar-refractivity contribution in [3.8, 4) is 6.07 Å². The van der Waals surface area contributed by atoms with E-state index in [1.807, 2.05) is 0 Å². The minimum absolute atomic E-state index is 0.0316. The highest BCUT2D eigenvalue weighted by Gasteiger charge is 2.14. The molecule has 20 heavy (non-hydrogen) atoms. The molecule has 2 aromatic rings. The largest absolute Gasteiger partial charge is 0.321 e. The Morgan fingerprint density at radius 1 is 1.20 bits per heavy atom. The maximum Gasteiger partial charge on any atom is 0.258 e. The van der Waals surface area contributed by atoms with E-state index in [2.05, 4.69) is 21.2 Å². The van der Waals surface area contributed by atoms with Crippen LogP contribution in [0.25, 0.3) is 0 Å². The highest BCUT2D eigenvalue weighted by Crippen LogP contribution is 2.19. The molecule has 1 amide bonds. The standard InChI is InChI=1S/C14H7BrF2N2O/c15-9-1-3-11(12(17)6-9)14(20)19-13-4-2-10(16)5-8(13)7-18/h1-6H,(H,19,20). The lowest BCUT2D eigenvalue weighted by Crippen LogP contribution is -2.14. The van der Waals surface area contributed by atoms with Gasteiger partial charge in [0.25, 0.3) is 5.91 Å². The van der Waals surface area contributed by atoms with Gasteiger partial charge in [-0.3, -0.25) is 4.79 Å². The fourth-order valence-corrected chi connectivity index (χ4v) is 1.91. The van der Waals surface area contributed by atoms with Crippen molar-refractivity contribution in [2.45, 2.75) is 0 Å². The van der Waals surface area contributed by atoms with E-state index in [4.69, 9.17) is 5.26 Å². The van der Waals surface area contributed by atoms with E-state index in [0.717, 1.165) is 18.2 Å². The fraction of sp³-hybridized carbons (Fsp3) is 0. The predicted octanol–water partition coefficient (Wildman–Crippen LogP) is 3.85. The molecule has 0 atom stereocenters. The second-order valence-corrected chi connectivity index (χ2v) is 4.80. The summed E-state index contributed by atoms with van der Waals surface area (Å²) in [5, 5.41) is 11.3. The SMILES string of the molecule is N#Cc1cc(F)ccc1NC(=O)c1ccc(Br)cc1F. The van der Waals surface area contributed by atoms with Crippen LogP contribution in [-0.2, 0) is 0 Å². The van der Waals surface area contributed by atoms with E-state index in [1.54, 1.807) is 6.07 Å². The Hall–Kier alpha value is -2.26. The lowest BCUT2D eigenvalue weighted by molar-refractivity contribution is 0.102. The Kier molecular flexibility index (Phi) is 4.11. The molecule has 2 rings (SSSR count). The van der Waals surface area contributed by atoms with Crippen LogP contribution in [0.1, 0.15) is 15.9 Å². The molecule has 0 saturated heterocycles. The molecule has 0 radical (unpaired) electrons. The van der Waals surface area contributed by atoms with Gasteiger partial charge in [-0.15, -0.1) is 0 Å². The summed E-state index contributed by atoms with van der Waals surface area (Å²) in [7, 11) is 0. The molecular weight excluding hydrogens is 330 g/mol. The highest BCUT2D eigenvalue weighted by atomic mass is 79.9. The van der Waals surface area contributed by atoms with Gasteiger partial charge in [0.15, 0.2) is 0 Å². The maximum absolute atomic E-state index is 13.6. The van der Waals surface area contributed by atoms with Crippen LogP contribution in [0.2, 0.25) is 0 Å². The van der Waals surface area contributed by atoms with E-state index >= 15 is 0 Å². The number of hydrogen-bond acceptors (Lipinski definition) is 2. The first-order chi connectivity index (χ1) is 9.51. The molecule has 2 aromatic carbocycles. The number of halogens is 3. The zero-order valence-corrected chi connectivity index (χ0v) is 11.5. The summed E-state index contributed by atoms with van der Waals surface area (Å²) < 4.78 is 27.1. The molecule has 1 N–H and O–H groups in total. The van der Waals surface area contributed by atoms with Crippen LogP contribution in [0.3, 0.4) is 0 Å². The molecule has 0 bridgehead atoms. The van der Waals surface area contributed by atoms with Gasteiger partial charge in [-0.2, -0.15) is 5.26 Å². The van der Waals surface area contributed by atoms with E-state index < -0.39 is 17.5 Å². The van der Waals surface area contributed by atoms with Gasteiger partial charge in [0.2, 0.25) is 0 Å². The second kappa shape index (κ2) is 5.80. The van der Waals surface area contributed by atoms with Crippen molar-refractivity contribution in [1.82, 2.24) is 0 Å². The number of nitriles is 1. The van der Waals surface area contributed by atoms with Gasteiger partial charge in [-0.05, 0) is 36.4 Å². The van der Waals surface area contributed by atoms with E-state index in [0.29, 0.717) is 4.47 Å². The molecule has 0 heterocycles. The topological polar surface area (TPSA) is 52.9 Å². The van der Waals surface area contributed by atoms with Crippen LogP contribution >= 0.6 is 15.9 Å². The van der Waals surface area contributed by atoms with Crippen molar-refractivity contribution in [3.63, 3.8) is 0 Å². The molecule has 0 saturated carbocycles. The quantitative estimate of drug-likeness (QED) is 0.905.